The third-order valence-electron chi connectivity index (χ3n) is 3.01. The third kappa shape index (κ3) is 3.52. The second kappa shape index (κ2) is 6.58. The predicted octanol–water partition coefficient (Wildman–Crippen LogP) is 3.34. The number of nitrogens with two attached hydrogens (primary N) is 1. The number of nitrogen functional groups attached to an aromatic ring is 1. The summed E-state index contributed by atoms with van der Waals surface area (Å²) in [6.45, 7) is 2.06. The van der Waals surface area contributed by atoms with Crippen molar-refractivity contribution in [1.82, 2.24) is 0 Å². The largest absolute Gasteiger partial charge is 0.492 e. The van der Waals surface area contributed by atoms with E-state index < -0.39 is 0 Å². The van der Waals surface area contributed by atoms with Gasteiger partial charge in [-0.1, -0.05) is 12.1 Å². The molecule has 2 rings (SSSR count). The van der Waals surface area contributed by atoms with E-state index in [4.69, 9.17) is 10.5 Å². The quantitative estimate of drug-likeness (QED) is 0.803. The Morgan fingerprint density at radius 2 is 2.24 bits per heavy atom. The van der Waals surface area contributed by atoms with Gasteiger partial charge in [-0.3, -0.25) is 4.79 Å². The lowest BCUT2D eigenvalue weighted by molar-refractivity contribution is 0.102. The predicted molar refractivity (Wildman–Crippen MR) is 83.9 cm³/mol. The first-order valence-electron chi connectivity index (χ1n) is 6.48. The number of thiophene rings is 1. The minimum Gasteiger partial charge on any atom is -0.492 e. The fourth-order valence-electron chi connectivity index (χ4n) is 2.02. The Bertz CT molecular complexity index is 655. The van der Waals surface area contributed by atoms with Crippen molar-refractivity contribution in [1.29, 1.82) is 0 Å². The van der Waals surface area contributed by atoms with Gasteiger partial charge in [0.05, 0.1) is 17.7 Å². The first kappa shape index (κ1) is 15.3. The van der Waals surface area contributed by atoms with Crippen molar-refractivity contribution in [3.8, 4) is 5.75 Å². The highest BCUT2D eigenvalue weighted by Gasteiger charge is 2.19. The van der Waals surface area contributed by atoms with Gasteiger partial charge in [0, 0.05) is 13.5 Å². The number of benzene rings is 1. The summed E-state index contributed by atoms with van der Waals surface area (Å²) in [5.74, 6) is 0.155. The molecule has 1 aromatic carbocycles. The van der Waals surface area contributed by atoms with Gasteiger partial charge >= 0.3 is 0 Å². The van der Waals surface area contributed by atoms with Crippen LogP contribution in [-0.4, -0.2) is 19.4 Å². The van der Waals surface area contributed by atoms with Crippen LogP contribution in [0.3, 0.4) is 0 Å². The molecule has 0 atom stereocenters. The number of halogens is 1. The Labute approximate surface area is 126 Å². The molecule has 0 amide bonds. The number of ether oxygens (including phenoxy) is 1. The molecule has 4 nitrogen and oxygen atoms in total. The number of rotatable bonds is 6. The maximum Gasteiger partial charge on any atom is 0.176 e. The van der Waals surface area contributed by atoms with Gasteiger partial charge in [0.1, 0.15) is 10.8 Å². The fraction of sp³-hybridized carbons (Fsp3) is 0.267. The molecule has 0 saturated carbocycles. The molecule has 0 aliphatic rings. The number of carbonyl (C=O) groups is 1. The van der Waals surface area contributed by atoms with Crippen LogP contribution in [0.25, 0.3) is 0 Å². The van der Waals surface area contributed by atoms with Crippen molar-refractivity contribution in [3.05, 3.63) is 40.5 Å². The van der Waals surface area contributed by atoms with Crippen LogP contribution < -0.4 is 15.8 Å². The van der Waals surface area contributed by atoms with Crippen LogP contribution in [0.5, 0.6) is 5.75 Å². The number of nitrogens with one attached hydrogen (secondary N) is 1. The summed E-state index contributed by atoms with van der Waals surface area (Å²) in [6, 6.07) is 6.47. The minimum absolute atomic E-state index is 0.0889. The average molecular weight is 308 g/mol. The van der Waals surface area contributed by atoms with E-state index in [2.05, 4.69) is 5.32 Å². The van der Waals surface area contributed by atoms with Gasteiger partial charge in [-0.05, 0) is 24.1 Å². The molecule has 112 valence electrons. The first-order valence-corrected chi connectivity index (χ1v) is 7.30. The summed E-state index contributed by atoms with van der Waals surface area (Å²) in [5, 5.41) is 3.91. The van der Waals surface area contributed by atoms with Crippen molar-refractivity contribution < 1.29 is 13.9 Å². The minimum atomic E-state index is -0.246. The highest BCUT2D eigenvalue weighted by atomic mass is 32.1. The van der Waals surface area contributed by atoms with Crippen molar-refractivity contribution in [3.63, 3.8) is 0 Å². The smallest absolute Gasteiger partial charge is 0.176 e. The number of Topliss-reactive ketones (excluding diaryl/α,β-unsaturated/α-hetero) is 1. The van der Waals surface area contributed by atoms with Gasteiger partial charge in [-0.2, -0.15) is 0 Å². The van der Waals surface area contributed by atoms with E-state index in [-0.39, 0.29) is 11.6 Å². The molecule has 0 aliphatic carbocycles. The zero-order chi connectivity index (χ0) is 15.4. The second-order valence-corrected chi connectivity index (χ2v) is 5.59. The van der Waals surface area contributed by atoms with Gasteiger partial charge in [0.15, 0.2) is 11.5 Å². The Kier molecular flexibility index (Phi) is 4.80. The van der Waals surface area contributed by atoms with Gasteiger partial charge in [0.25, 0.3) is 0 Å². The third-order valence-corrected chi connectivity index (χ3v) is 4.26. The molecule has 21 heavy (non-hydrogen) atoms. The van der Waals surface area contributed by atoms with E-state index in [0.717, 1.165) is 10.6 Å². The molecule has 1 aromatic heterocycles. The van der Waals surface area contributed by atoms with Crippen LogP contribution in [-0.2, 0) is 6.42 Å². The van der Waals surface area contributed by atoms with E-state index >= 15 is 0 Å². The second-order valence-electron chi connectivity index (χ2n) is 4.57. The highest BCUT2D eigenvalue weighted by molar-refractivity contribution is 7.19. The summed E-state index contributed by atoms with van der Waals surface area (Å²) >= 11 is 1.27. The van der Waals surface area contributed by atoms with E-state index in [9.17, 15) is 9.18 Å². The first-order chi connectivity index (χ1) is 10.0. The summed E-state index contributed by atoms with van der Waals surface area (Å²) in [4.78, 5) is 12.0. The zero-order valence-electron chi connectivity index (χ0n) is 11.9. The fourth-order valence-corrected chi connectivity index (χ4v) is 3.03. The Balaban J connectivity index is 2.06. The molecule has 1 heterocycles. The monoisotopic (exact) mass is 308 g/mol. The lowest BCUT2D eigenvalue weighted by Crippen LogP contribution is -2.05. The van der Waals surface area contributed by atoms with E-state index in [1.165, 1.54) is 37.5 Å². The number of ketones is 1. The van der Waals surface area contributed by atoms with Crippen LogP contribution in [0.1, 0.15) is 22.2 Å². The van der Waals surface area contributed by atoms with Gasteiger partial charge in [-0.25, -0.2) is 4.39 Å². The van der Waals surface area contributed by atoms with Crippen LogP contribution in [0.2, 0.25) is 0 Å². The number of anilines is 2. The van der Waals surface area contributed by atoms with Crippen molar-refractivity contribution in [2.24, 2.45) is 0 Å². The number of carbonyl (C=O) groups excluding carboxylic acids is 1. The van der Waals surface area contributed by atoms with Crippen LogP contribution in [0, 0.1) is 5.82 Å². The molecular weight excluding hydrogens is 291 g/mol. The van der Waals surface area contributed by atoms with Gasteiger partial charge < -0.3 is 15.8 Å². The summed E-state index contributed by atoms with van der Waals surface area (Å²) in [6.07, 6.45) is 0.661. The Hall–Kier alpha value is -2.08. The molecule has 0 spiro atoms. The molecule has 2 aromatic rings. The molecule has 0 aliphatic heterocycles. The number of hydrogen-bond donors (Lipinski definition) is 2. The van der Waals surface area contributed by atoms with E-state index in [1.54, 1.807) is 6.07 Å². The van der Waals surface area contributed by atoms with E-state index in [1.807, 2.05) is 6.07 Å². The molecule has 0 bridgehead atoms. The SMILES string of the molecule is COc1c(NCCc2cccc(F)c2)sc(C(C)=O)c1N. The summed E-state index contributed by atoms with van der Waals surface area (Å²) in [7, 11) is 1.51. The normalized spacial score (nSPS) is 10.4. The molecule has 0 saturated heterocycles. The molecule has 0 fully saturated rings. The number of methoxy groups -OCH3 is 1. The van der Waals surface area contributed by atoms with Gasteiger partial charge in [0.2, 0.25) is 0 Å². The van der Waals surface area contributed by atoms with Crippen LogP contribution in [0.4, 0.5) is 15.1 Å². The lowest BCUT2D eigenvalue weighted by Gasteiger charge is -2.07. The Morgan fingerprint density at radius 3 is 2.86 bits per heavy atom. The molecule has 0 radical (unpaired) electrons. The van der Waals surface area contributed by atoms with Crippen molar-refractivity contribution >= 4 is 27.8 Å². The van der Waals surface area contributed by atoms with Gasteiger partial charge in [-0.15, -0.1) is 11.3 Å². The van der Waals surface area contributed by atoms with Crippen LogP contribution >= 0.6 is 11.3 Å². The molecular formula is C15H17FN2O2S. The van der Waals surface area contributed by atoms with Crippen molar-refractivity contribution in [2.75, 3.05) is 24.7 Å². The lowest BCUT2D eigenvalue weighted by atomic mass is 10.1. The Morgan fingerprint density at radius 1 is 1.48 bits per heavy atom. The van der Waals surface area contributed by atoms with E-state index in [0.29, 0.717) is 29.3 Å². The maximum atomic E-state index is 13.1. The summed E-state index contributed by atoms with van der Waals surface area (Å²) in [5.41, 5.74) is 7.16. The topological polar surface area (TPSA) is 64.3 Å². The molecule has 0 unspecified atom stereocenters. The molecule has 3 N–H and O–H groups in total. The number of hydrogen-bond acceptors (Lipinski definition) is 5. The zero-order valence-corrected chi connectivity index (χ0v) is 12.7. The average Bonchev–Trinajstić information content (AvgIpc) is 2.75. The highest BCUT2D eigenvalue weighted by Crippen LogP contribution is 2.42. The van der Waals surface area contributed by atoms with Crippen molar-refractivity contribution in [2.45, 2.75) is 13.3 Å². The summed E-state index contributed by atoms with van der Waals surface area (Å²) < 4.78 is 18.3. The standard InChI is InChI=1S/C15H17FN2O2S/c1-9(19)14-12(17)13(20-2)15(21-14)18-7-6-10-4-3-5-11(16)8-10/h3-5,8,18H,6-7,17H2,1-2H3. The molecule has 6 heteroatoms. The maximum absolute atomic E-state index is 13.1. The van der Waals surface area contributed by atoms with Crippen LogP contribution in [0.15, 0.2) is 24.3 Å².